The Morgan fingerprint density at radius 2 is 2.25 bits per heavy atom. The summed E-state index contributed by atoms with van der Waals surface area (Å²) in [6.07, 6.45) is 2.83. The average Bonchev–Trinajstić information content (AvgIpc) is 2.31. The lowest BCUT2D eigenvalue weighted by molar-refractivity contribution is 0.282. The first-order chi connectivity index (χ1) is 5.58. The maximum Gasteiger partial charge on any atom is 0.283 e. The molecule has 0 radical (unpaired) electrons. The number of hydrogen-bond acceptors (Lipinski definition) is 2. The second-order valence-corrected chi connectivity index (χ2v) is 4.28. The van der Waals surface area contributed by atoms with E-state index in [1.54, 1.807) is 0 Å². The molecule has 3 heteroatoms. The number of aromatic nitrogens is 1. The molecule has 66 valence electrons. The quantitative estimate of drug-likeness (QED) is 0.636. The summed E-state index contributed by atoms with van der Waals surface area (Å²) in [5.41, 5.74) is 1.06. The largest absolute Gasteiger partial charge is 0.383 e. The lowest BCUT2D eigenvalue weighted by Gasteiger charge is -2.27. The molecule has 1 aromatic rings. The minimum absolute atomic E-state index is 0.0437. The van der Waals surface area contributed by atoms with E-state index in [0.29, 0.717) is 0 Å². The van der Waals surface area contributed by atoms with Gasteiger partial charge in [0.15, 0.2) is 0 Å². The normalized spacial score (nSPS) is 20.5. The summed E-state index contributed by atoms with van der Waals surface area (Å²) in [5, 5.41) is 2.39. The molecule has 0 atom stereocenters. The molecule has 1 N–H and O–H groups in total. The molecule has 0 bridgehead atoms. The smallest absolute Gasteiger partial charge is 0.283 e. The van der Waals surface area contributed by atoms with Crippen molar-refractivity contribution in [2.45, 2.75) is 33.1 Å². The van der Waals surface area contributed by atoms with Gasteiger partial charge in [0.2, 0.25) is 0 Å². The molecule has 1 aliphatic carbocycles. The van der Waals surface area contributed by atoms with Crippen LogP contribution in [-0.4, -0.2) is 5.16 Å². The van der Waals surface area contributed by atoms with Crippen LogP contribution >= 0.6 is 0 Å². The van der Waals surface area contributed by atoms with Crippen LogP contribution in [0.15, 0.2) is 9.32 Å². The van der Waals surface area contributed by atoms with E-state index in [4.69, 9.17) is 4.52 Å². The van der Waals surface area contributed by atoms with Gasteiger partial charge in [-0.05, 0) is 18.3 Å². The van der Waals surface area contributed by atoms with Gasteiger partial charge in [-0.15, -0.1) is 0 Å². The fourth-order valence-electron chi connectivity index (χ4n) is 1.76. The van der Waals surface area contributed by atoms with Gasteiger partial charge in [0.25, 0.3) is 5.56 Å². The molecule has 2 rings (SSSR count). The van der Waals surface area contributed by atoms with Crippen LogP contribution in [0.3, 0.4) is 0 Å². The van der Waals surface area contributed by atoms with E-state index in [9.17, 15) is 4.79 Å². The van der Waals surface area contributed by atoms with Crippen molar-refractivity contribution in [2.24, 2.45) is 5.41 Å². The minimum Gasteiger partial charge on any atom is -0.383 e. The highest BCUT2D eigenvalue weighted by atomic mass is 16.5. The molecule has 0 fully saturated rings. The van der Waals surface area contributed by atoms with Crippen molar-refractivity contribution >= 4 is 0 Å². The first kappa shape index (κ1) is 7.65. The topological polar surface area (TPSA) is 46.0 Å². The molecular weight excluding hydrogens is 154 g/mol. The molecule has 0 aliphatic heterocycles. The first-order valence-electron chi connectivity index (χ1n) is 4.28. The van der Waals surface area contributed by atoms with E-state index in [1.165, 1.54) is 0 Å². The van der Waals surface area contributed by atoms with Crippen LogP contribution in [0.5, 0.6) is 0 Å². The van der Waals surface area contributed by atoms with Gasteiger partial charge in [0.05, 0.1) is 5.56 Å². The first-order valence-corrected chi connectivity index (χ1v) is 4.28. The minimum atomic E-state index is -0.0437. The van der Waals surface area contributed by atoms with Gasteiger partial charge < -0.3 is 4.52 Å². The van der Waals surface area contributed by atoms with Gasteiger partial charge in [-0.1, -0.05) is 13.8 Å². The monoisotopic (exact) mass is 167 g/mol. The highest BCUT2D eigenvalue weighted by Crippen LogP contribution is 2.32. The molecule has 0 saturated carbocycles. The average molecular weight is 167 g/mol. The Morgan fingerprint density at radius 1 is 1.50 bits per heavy atom. The highest BCUT2D eigenvalue weighted by Gasteiger charge is 2.29. The maximum absolute atomic E-state index is 11.2. The zero-order valence-electron chi connectivity index (χ0n) is 7.44. The Morgan fingerprint density at radius 3 is 3.00 bits per heavy atom. The highest BCUT2D eigenvalue weighted by molar-refractivity contribution is 5.19. The van der Waals surface area contributed by atoms with Crippen LogP contribution in [0.1, 0.15) is 31.6 Å². The maximum atomic E-state index is 11.2. The molecule has 0 spiro atoms. The van der Waals surface area contributed by atoms with Gasteiger partial charge in [-0.25, -0.2) is 0 Å². The predicted molar refractivity (Wildman–Crippen MR) is 45.1 cm³/mol. The number of rotatable bonds is 0. The third-order valence-electron chi connectivity index (χ3n) is 2.56. The number of hydrogen-bond donors (Lipinski definition) is 1. The van der Waals surface area contributed by atoms with Crippen molar-refractivity contribution in [1.82, 2.24) is 5.16 Å². The van der Waals surface area contributed by atoms with Crippen molar-refractivity contribution < 1.29 is 4.52 Å². The van der Waals surface area contributed by atoms with Crippen molar-refractivity contribution in [3.05, 3.63) is 21.7 Å². The van der Waals surface area contributed by atoms with Crippen LogP contribution < -0.4 is 5.56 Å². The van der Waals surface area contributed by atoms with E-state index in [0.717, 1.165) is 30.6 Å². The van der Waals surface area contributed by atoms with E-state index >= 15 is 0 Å². The molecule has 12 heavy (non-hydrogen) atoms. The Hall–Kier alpha value is -0.990. The van der Waals surface area contributed by atoms with Crippen molar-refractivity contribution in [3.63, 3.8) is 0 Å². The number of H-pyrrole nitrogens is 1. The lowest BCUT2D eigenvalue weighted by Crippen LogP contribution is -2.24. The molecular formula is C9H13NO2. The molecule has 1 aromatic heterocycles. The Bertz CT molecular complexity index is 346. The molecule has 1 aliphatic rings. The summed E-state index contributed by atoms with van der Waals surface area (Å²) < 4.78 is 5.04. The van der Waals surface area contributed by atoms with Crippen LogP contribution in [0, 0.1) is 5.41 Å². The summed E-state index contributed by atoms with van der Waals surface area (Å²) in [6, 6.07) is 0. The SMILES string of the molecule is CC1(C)CCc2o[nH]c(=O)c2C1. The van der Waals surface area contributed by atoms with E-state index in [1.807, 2.05) is 0 Å². The number of aryl methyl sites for hydroxylation is 1. The summed E-state index contributed by atoms with van der Waals surface area (Å²) in [6.45, 7) is 4.37. The van der Waals surface area contributed by atoms with E-state index in [2.05, 4.69) is 19.0 Å². The number of fused-ring (bicyclic) bond motifs is 1. The third-order valence-corrected chi connectivity index (χ3v) is 2.56. The Kier molecular flexibility index (Phi) is 1.43. The van der Waals surface area contributed by atoms with Crippen LogP contribution in [0.25, 0.3) is 0 Å². The van der Waals surface area contributed by atoms with Crippen molar-refractivity contribution in [3.8, 4) is 0 Å². The summed E-state index contributed by atoms with van der Waals surface area (Å²) in [7, 11) is 0. The van der Waals surface area contributed by atoms with Crippen LogP contribution in [0.2, 0.25) is 0 Å². The van der Waals surface area contributed by atoms with E-state index in [-0.39, 0.29) is 11.0 Å². The van der Waals surface area contributed by atoms with Crippen LogP contribution in [0.4, 0.5) is 0 Å². The van der Waals surface area contributed by atoms with E-state index < -0.39 is 0 Å². The molecule has 0 unspecified atom stereocenters. The fraction of sp³-hybridized carbons (Fsp3) is 0.667. The Labute approximate surface area is 70.7 Å². The zero-order valence-corrected chi connectivity index (χ0v) is 7.44. The summed E-state index contributed by atoms with van der Waals surface area (Å²) in [5.74, 6) is 0.860. The molecule has 3 nitrogen and oxygen atoms in total. The molecule has 0 amide bonds. The summed E-state index contributed by atoms with van der Waals surface area (Å²) >= 11 is 0. The standard InChI is InChI=1S/C9H13NO2/c1-9(2)4-3-7-6(5-9)8(11)10-12-7/h3-5H2,1-2H3,(H,10,11). The molecule has 1 heterocycles. The van der Waals surface area contributed by atoms with Gasteiger partial charge in [0.1, 0.15) is 5.76 Å². The van der Waals surface area contributed by atoms with Gasteiger partial charge in [0, 0.05) is 6.42 Å². The zero-order chi connectivity index (χ0) is 8.77. The molecule has 0 saturated heterocycles. The number of nitrogens with one attached hydrogen (secondary N) is 1. The third kappa shape index (κ3) is 1.09. The van der Waals surface area contributed by atoms with Gasteiger partial charge in [-0.2, -0.15) is 5.16 Å². The molecule has 0 aromatic carbocycles. The second-order valence-electron chi connectivity index (χ2n) is 4.28. The van der Waals surface area contributed by atoms with Gasteiger partial charge in [-0.3, -0.25) is 4.79 Å². The van der Waals surface area contributed by atoms with Crippen molar-refractivity contribution in [2.75, 3.05) is 0 Å². The van der Waals surface area contributed by atoms with Crippen LogP contribution in [-0.2, 0) is 12.8 Å². The summed E-state index contributed by atoms with van der Waals surface area (Å²) in [4.78, 5) is 11.2. The van der Waals surface area contributed by atoms with Gasteiger partial charge >= 0.3 is 0 Å². The lowest BCUT2D eigenvalue weighted by atomic mass is 9.77. The second kappa shape index (κ2) is 2.25. The van der Waals surface area contributed by atoms with Crippen molar-refractivity contribution in [1.29, 1.82) is 0 Å². The number of aromatic amines is 1. The predicted octanol–water partition coefficient (Wildman–Crippen LogP) is 1.48. The Balaban J connectivity index is 2.45. The fourth-order valence-corrected chi connectivity index (χ4v) is 1.76.